The van der Waals surface area contributed by atoms with Crippen LogP contribution in [0.2, 0.25) is 0 Å². The predicted molar refractivity (Wildman–Crippen MR) is 116 cm³/mol. The van der Waals surface area contributed by atoms with Gasteiger partial charge >= 0.3 is 0 Å². The molecule has 4 N–H and O–H groups in total. The van der Waals surface area contributed by atoms with Gasteiger partial charge in [0.25, 0.3) is 0 Å². The zero-order chi connectivity index (χ0) is 19.2. The number of nitrogens with zero attached hydrogens (tertiary/aromatic N) is 1. The third-order valence-electron chi connectivity index (χ3n) is 4.32. The van der Waals surface area contributed by atoms with Gasteiger partial charge < -0.3 is 21.3 Å². The summed E-state index contributed by atoms with van der Waals surface area (Å²) in [5.41, 5.74) is 6.34. The second-order valence-corrected chi connectivity index (χ2v) is 6.71. The predicted octanol–water partition coefficient (Wildman–Crippen LogP) is 5.04. The third kappa shape index (κ3) is 5.14. The van der Waals surface area contributed by atoms with Gasteiger partial charge in [0, 0.05) is 29.0 Å². The summed E-state index contributed by atoms with van der Waals surface area (Å²) in [5, 5.41) is 13.3. The number of anilines is 3. The number of aliphatic imine (C=N–C) groups is 1. The fourth-order valence-electron chi connectivity index (χ4n) is 2.74. The first-order valence-electron chi connectivity index (χ1n) is 9.19. The van der Waals surface area contributed by atoms with Gasteiger partial charge in [0.2, 0.25) is 5.96 Å². The Morgan fingerprint density at radius 2 is 1.81 bits per heavy atom. The zero-order valence-corrected chi connectivity index (χ0v) is 16.1. The minimum Gasteiger partial charge on any atom is -0.360 e. The Hall–Kier alpha value is -3.21. The highest BCUT2D eigenvalue weighted by Crippen LogP contribution is 2.21. The standard InChI is InChI=1S/C22H27N5/c1-5-17(4)24-19-10-7-11-20(13-19)25-21-16(3)14-23-22(27-21)26-18-9-6-8-15(2)12-18/h6-14,21,24-25H,4-5H2,1-3H3,(H2,23,26,27). The van der Waals surface area contributed by atoms with Crippen molar-refractivity contribution in [2.45, 2.75) is 33.4 Å². The van der Waals surface area contributed by atoms with E-state index in [9.17, 15) is 0 Å². The lowest BCUT2D eigenvalue weighted by atomic mass is 10.2. The number of benzene rings is 2. The minimum absolute atomic E-state index is 0.136. The van der Waals surface area contributed by atoms with Crippen molar-refractivity contribution in [3.8, 4) is 0 Å². The van der Waals surface area contributed by atoms with E-state index < -0.39 is 0 Å². The smallest absolute Gasteiger partial charge is 0.202 e. The number of aryl methyl sites for hydroxylation is 1. The van der Waals surface area contributed by atoms with Crippen LogP contribution < -0.4 is 21.3 Å². The third-order valence-corrected chi connectivity index (χ3v) is 4.32. The van der Waals surface area contributed by atoms with E-state index in [1.165, 1.54) is 5.56 Å². The first-order valence-corrected chi connectivity index (χ1v) is 9.19. The molecule has 1 atom stereocenters. The largest absolute Gasteiger partial charge is 0.360 e. The maximum atomic E-state index is 4.77. The molecule has 0 amide bonds. The highest BCUT2D eigenvalue weighted by atomic mass is 15.2. The van der Waals surface area contributed by atoms with Gasteiger partial charge in [-0.1, -0.05) is 31.7 Å². The first-order chi connectivity index (χ1) is 13.0. The molecular formula is C22H27N5. The van der Waals surface area contributed by atoms with Crippen LogP contribution in [-0.4, -0.2) is 12.1 Å². The van der Waals surface area contributed by atoms with Crippen molar-refractivity contribution in [3.05, 3.63) is 78.1 Å². The highest BCUT2D eigenvalue weighted by Gasteiger charge is 2.15. The van der Waals surface area contributed by atoms with Crippen LogP contribution in [0.4, 0.5) is 17.1 Å². The molecule has 1 aliphatic heterocycles. The summed E-state index contributed by atoms with van der Waals surface area (Å²) in [5.74, 6) is 0.720. The van der Waals surface area contributed by atoms with Crippen molar-refractivity contribution in [3.63, 3.8) is 0 Å². The minimum atomic E-state index is -0.136. The normalized spacial score (nSPS) is 15.9. The lowest BCUT2D eigenvalue weighted by Crippen LogP contribution is -2.35. The molecule has 5 heteroatoms. The highest BCUT2D eigenvalue weighted by molar-refractivity contribution is 5.95. The lowest BCUT2D eigenvalue weighted by Gasteiger charge is -2.24. The van der Waals surface area contributed by atoms with Crippen molar-refractivity contribution in [2.24, 2.45) is 4.99 Å². The van der Waals surface area contributed by atoms with Crippen LogP contribution in [0.5, 0.6) is 0 Å². The Morgan fingerprint density at radius 1 is 1.07 bits per heavy atom. The Labute approximate surface area is 161 Å². The van der Waals surface area contributed by atoms with Gasteiger partial charge in [0.15, 0.2) is 0 Å². The maximum Gasteiger partial charge on any atom is 0.202 e. The molecular weight excluding hydrogens is 334 g/mol. The van der Waals surface area contributed by atoms with E-state index in [0.717, 1.165) is 40.7 Å². The van der Waals surface area contributed by atoms with Crippen molar-refractivity contribution >= 4 is 23.0 Å². The van der Waals surface area contributed by atoms with Crippen LogP contribution in [0.1, 0.15) is 25.8 Å². The first kappa shape index (κ1) is 18.6. The second-order valence-electron chi connectivity index (χ2n) is 6.71. The molecule has 1 heterocycles. The second kappa shape index (κ2) is 8.45. The van der Waals surface area contributed by atoms with Gasteiger partial charge in [-0.3, -0.25) is 0 Å². The summed E-state index contributed by atoms with van der Waals surface area (Å²) < 4.78 is 0. The van der Waals surface area contributed by atoms with Gasteiger partial charge in [-0.05, 0) is 61.7 Å². The molecule has 0 bridgehead atoms. The Morgan fingerprint density at radius 3 is 2.59 bits per heavy atom. The van der Waals surface area contributed by atoms with Crippen LogP contribution in [0, 0.1) is 6.92 Å². The molecule has 140 valence electrons. The molecule has 1 aliphatic rings. The van der Waals surface area contributed by atoms with Crippen LogP contribution in [-0.2, 0) is 0 Å². The molecule has 0 aromatic heterocycles. The van der Waals surface area contributed by atoms with Gasteiger partial charge in [0.1, 0.15) is 6.17 Å². The monoisotopic (exact) mass is 361 g/mol. The summed E-state index contributed by atoms with van der Waals surface area (Å²) in [4.78, 5) is 4.77. The number of rotatable bonds is 6. The topological polar surface area (TPSA) is 60.5 Å². The number of hydrogen-bond acceptors (Lipinski definition) is 5. The molecule has 0 spiro atoms. The van der Waals surface area contributed by atoms with Gasteiger partial charge in [-0.15, -0.1) is 0 Å². The van der Waals surface area contributed by atoms with E-state index in [1.807, 2.05) is 36.5 Å². The number of nitrogens with one attached hydrogen (secondary N) is 4. The Balaban J connectivity index is 1.72. The summed E-state index contributed by atoms with van der Waals surface area (Å²) in [6.07, 6.45) is 2.74. The Bertz CT molecular complexity index is 882. The van der Waals surface area contributed by atoms with E-state index in [1.54, 1.807) is 0 Å². The molecule has 5 nitrogen and oxygen atoms in total. The average molecular weight is 361 g/mol. The fraction of sp³-hybridized carbons (Fsp3) is 0.227. The molecule has 0 radical (unpaired) electrons. The molecule has 3 rings (SSSR count). The van der Waals surface area contributed by atoms with Crippen LogP contribution in [0.3, 0.4) is 0 Å². The number of allylic oxidation sites excluding steroid dienone is 1. The SMILES string of the molecule is C=C(CC)Nc1cccc(NC2N=C(Nc3cccc(C)c3)NC=C2C)c1. The molecule has 0 saturated heterocycles. The number of guanidine groups is 1. The lowest BCUT2D eigenvalue weighted by molar-refractivity contribution is 0.836. The quantitative estimate of drug-likeness (QED) is 0.582. The molecule has 0 saturated carbocycles. The van der Waals surface area contributed by atoms with Gasteiger partial charge in [-0.2, -0.15) is 0 Å². The van der Waals surface area contributed by atoms with E-state index in [0.29, 0.717) is 0 Å². The zero-order valence-electron chi connectivity index (χ0n) is 16.1. The van der Waals surface area contributed by atoms with E-state index in [2.05, 4.69) is 66.8 Å². The Kier molecular flexibility index (Phi) is 5.81. The van der Waals surface area contributed by atoms with Crippen molar-refractivity contribution < 1.29 is 0 Å². The molecule has 0 aliphatic carbocycles. The molecule has 27 heavy (non-hydrogen) atoms. The van der Waals surface area contributed by atoms with Crippen LogP contribution in [0.25, 0.3) is 0 Å². The van der Waals surface area contributed by atoms with Crippen LogP contribution >= 0.6 is 0 Å². The molecule has 0 fully saturated rings. The molecule has 1 unspecified atom stereocenters. The van der Waals surface area contributed by atoms with Crippen molar-refractivity contribution in [1.82, 2.24) is 5.32 Å². The fourth-order valence-corrected chi connectivity index (χ4v) is 2.74. The summed E-state index contributed by atoms with van der Waals surface area (Å²) >= 11 is 0. The maximum absolute atomic E-state index is 4.77. The number of hydrogen-bond donors (Lipinski definition) is 4. The van der Waals surface area contributed by atoms with Gasteiger partial charge in [0.05, 0.1) is 0 Å². The van der Waals surface area contributed by atoms with Crippen molar-refractivity contribution in [2.75, 3.05) is 16.0 Å². The van der Waals surface area contributed by atoms with Crippen molar-refractivity contribution in [1.29, 1.82) is 0 Å². The molecule has 2 aromatic rings. The van der Waals surface area contributed by atoms with E-state index in [4.69, 9.17) is 4.99 Å². The summed E-state index contributed by atoms with van der Waals surface area (Å²) in [6.45, 7) is 10.2. The molecule has 2 aromatic carbocycles. The summed E-state index contributed by atoms with van der Waals surface area (Å²) in [6, 6.07) is 16.4. The van der Waals surface area contributed by atoms with Crippen LogP contribution in [0.15, 0.2) is 77.6 Å². The summed E-state index contributed by atoms with van der Waals surface area (Å²) in [7, 11) is 0. The van der Waals surface area contributed by atoms with E-state index >= 15 is 0 Å². The van der Waals surface area contributed by atoms with Gasteiger partial charge in [-0.25, -0.2) is 4.99 Å². The van der Waals surface area contributed by atoms with E-state index in [-0.39, 0.29) is 6.17 Å². The average Bonchev–Trinajstić information content (AvgIpc) is 2.65.